The first-order chi connectivity index (χ1) is 8.66. The Labute approximate surface area is 111 Å². The third-order valence-corrected chi connectivity index (χ3v) is 3.84. The van der Waals surface area contributed by atoms with E-state index in [0.29, 0.717) is 12.2 Å². The molecule has 0 unspecified atom stereocenters. The highest BCUT2D eigenvalue weighted by atomic mass is 32.1. The Kier molecular flexibility index (Phi) is 4.52. The zero-order valence-electron chi connectivity index (χ0n) is 10.6. The summed E-state index contributed by atoms with van der Waals surface area (Å²) in [6.07, 6.45) is 1.66. The number of aliphatic hydroxyl groups excluding tert-OH is 1. The molecular formula is C13H18N2O2S. The Hall–Kier alpha value is -1.17. The predicted molar refractivity (Wildman–Crippen MR) is 71.4 cm³/mol. The number of aliphatic hydroxyl groups is 1. The molecule has 0 aliphatic rings. The number of thiazole rings is 1. The van der Waals surface area contributed by atoms with Gasteiger partial charge in [-0.2, -0.15) is 0 Å². The van der Waals surface area contributed by atoms with E-state index in [2.05, 4.69) is 17.2 Å². The monoisotopic (exact) mass is 266 g/mol. The number of aromatic nitrogens is 1. The predicted octanol–water partition coefficient (Wildman–Crippen LogP) is 2.65. The summed E-state index contributed by atoms with van der Waals surface area (Å²) in [5, 5.41) is 13.3. The fourth-order valence-electron chi connectivity index (χ4n) is 1.78. The van der Waals surface area contributed by atoms with Crippen molar-refractivity contribution in [1.29, 1.82) is 0 Å². The van der Waals surface area contributed by atoms with Gasteiger partial charge in [-0.15, -0.1) is 11.3 Å². The van der Waals surface area contributed by atoms with Gasteiger partial charge in [-0.05, 0) is 32.4 Å². The highest BCUT2D eigenvalue weighted by Crippen LogP contribution is 2.19. The molecule has 0 fully saturated rings. The smallest absolute Gasteiger partial charge is 0.132 e. The normalized spacial score (nSPS) is 14.6. The molecule has 0 aliphatic heterocycles. The lowest BCUT2D eigenvalue weighted by Gasteiger charge is -2.16. The van der Waals surface area contributed by atoms with Gasteiger partial charge in [0.1, 0.15) is 11.9 Å². The number of rotatable bonds is 6. The van der Waals surface area contributed by atoms with Gasteiger partial charge in [0, 0.05) is 17.5 Å². The van der Waals surface area contributed by atoms with Crippen LogP contribution in [0.25, 0.3) is 0 Å². The first-order valence-corrected chi connectivity index (χ1v) is 6.88. The maximum Gasteiger partial charge on any atom is 0.132 e. The average Bonchev–Trinajstić information content (AvgIpc) is 2.97. The van der Waals surface area contributed by atoms with Gasteiger partial charge in [0.05, 0.1) is 17.5 Å². The Morgan fingerprint density at radius 1 is 1.56 bits per heavy atom. The molecular weight excluding hydrogens is 248 g/mol. The van der Waals surface area contributed by atoms with Gasteiger partial charge in [-0.3, -0.25) is 0 Å². The van der Waals surface area contributed by atoms with E-state index in [0.717, 1.165) is 12.2 Å². The summed E-state index contributed by atoms with van der Waals surface area (Å²) in [6.45, 7) is 4.86. The van der Waals surface area contributed by atoms with Gasteiger partial charge in [-0.1, -0.05) is 0 Å². The maximum atomic E-state index is 9.95. The van der Waals surface area contributed by atoms with Crippen LogP contribution in [0.4, 0.5) is 0 Å². The minimum absolute atomic E-state index is 0.214. The highest BCUT2D eigenvalue weighted by Gasteiger charge is 2.14. The zero-order chi connectivity index (χ0) is 13.0. The van der Waals surface area contributed by atoms with Gasteiger partial charge in [0.15, 0.2) is 0 Å². The van der Waals surface area contributed by atoms with Gasteiger partial charge in [0.25, 0.3) is 0 Å². The van der Waals surface area contributed by atoms with E-state index in [4.69, 9.17) is 4.42 Å². The molecule has 2 rings (SSSR count). The van der Waals surface area contributed by atoms with Crippen LogP contribution in [0.5, 0.6) is 0 Å². The third-order valence-electron chi connectivity index (χ3n) is 2.90. The summed E-state index contributed by atoms with van der Waals surface area (Å²) >= 11 is 1.65. The van der Waals surface area contributed by atoms with Crippen molar-refractivity contribution in [3.63, 3.8) is 0 Å². The maximum absolute atomic E-state index is 9.95. The summed E-state index contributed by atoms with van der Waals surface area (Å²) < 4.78 is 5.18. The molecule has 0 aliphatic carbocycles. The third kappa shape index (κ3) is 3.41. The second kappa shape index (κ2) is 6.13. The molecule has 0 bridgehead atoms. The van der Waals surface area contributed by atoms with E-state index >= 15 is 0 Å². The first kappa shape index (κ1) is 13.3. The molecule has 2 aromatic heterocycles. The molecule has 0 saturated carbocycles. The van der Waals surface area contributed by atoms with E-state index in [9.17, 15) is 5.11 Å². The molecule has 0 radical (unpaired) electrons. The molecule has 0 aromatic carbocycles. The molecule has 0 saturated heterocycles. The van der Waals surface area contributed by atoms with Crippen molar-refractivity contribution in [2.45, 2.75) is 39.0 Å². The standard InChI is InChI=1S/C13H18N2O2S/c1-9(6-11(16)12-4-3-5-17-12)14-7-13-10(2)15-8-18-13/h3-5,8-9,11,14,16H,6-7H2,1-2H3/t9-,11-/m1/s1. The Morgan fingerprint density at radius 3 is 3.00 bits per heavy atom. The summed E-state index contributed by atoms with van der Waals surface area (Å²) in [5.41, 5.74) is 2.93. The molecule has 18 heavy (non-hydrogen) atoms. The highest BCUT2D eigenvalue weighted by molar-refractivity contribution is 7.09. The number of aryl methyl sites for hydroxylation is 1. The summed E-state index contributed by atoms with van der Waals surface area (Å²) in [5.74, 6) is 0.623. The summed E-state index contributed by atoms with van der Waals surface area (Å²) in [4.78, 5) is 5.46. The van der Waals surface area contributed by atoms with Crippen LogP contribution in [0.3, 0.4) is 0 Å². The van der Waals surface area contributed by atoms with Gasteiger partial charge >= 0.3 is 0 Å². The van der Waals surface area contributed by atoms with Crippen LogP contribution >= 0.6 is 11.3 Å². The second-order valence-electron chi connectivity index (χ2n) is 4.41. The fraction of sp³-hybridized carbons (Fsp3) is 0.462. The van der Waals surface area contributed by atoms with Crippen LogP contribution in [-0.4, -0.2) is 16.1 Å². The topological polar surface area (TPSA) is 58.3 Å². The van der Waals surface area contributed by atoms with Crippen molar-refractivity contribution in [2.24, 2.45) is 0 Å². The van der Waals surface area contributed by atoms with Crippen LogP contribution in [0, 0.1) is 6.92 Å². The fourth-order valence-corrected chi connectivity index (χ4v) is 2.51. The number of hydrogen-bond donors (Lipinski definition) is 2. The second-order valence-corrected chi connectivity index (χ2v) is 5.35. The van der Waals surface area contributed by atoms with Crippen molar-refractivity contribution in [3.05, 3.63) is 40.2 Å². The molecule has 0 amide bonds. The zero-order valence-corrected chi connectivity index (χ0v) is 11.4. The van der Waals surface area contributed by atoms with E-state index in [-0.39, 0.29) is 6.04 Å². The van der Waals surface area contributed by atoms with E-state index < -0.39 is 6.10 Å². The van der Waals surface area contributed by atoms with Crippen LogP contribution in [0.1, 0.15) is 35.8 Å². The van der Waals surface area contributed by atoms with Crippen molar-refractivity contribution < 1.29 is 9.52 Å². The van der Waals surface area contributed by atoms with Crippen molar-refractivity contribution in [3.8, 4) is 0 Å². The van der Waals surface area contributed by atoms with Crippen molar-refractivity contribution in [1.82, 2.24) is 10.3 Å². The molecule has 2 atom stereocenters. The molecule has 5 heteroatoms. The lowest BCUT2D eigenvalue weighted by Crippen LogP contribution is -2.27. The van der Waals surface area contributed by atoms with Gasteiger partial charge in [-0.25, -0.2) is 4.98 Å². The van der Waals surface area contributed by atoms with Gasteiger partial charge in [0.2, 0.25) is 0 Å². The van der Waals surface area contributed by atoms with E-state index in [1.54, 1.807) is 29.7 Å². The van der Waals surface area contributed by atoms with Crippen molar-refractivity contribution in [2.75, 3.05) is 0 Å². The molecule has 4 nitrogen and oxygen atoms in total. The largest absolute Gasteiger partial charge is 0.467 e. The van der Waals surface area contributed by atoms with Crippen LogP contribution in [-0.2, 0) is 6.54 Å². The van der Waals surface area contributed by atoms with Crippen LogP contribution in [0.15, 0.2) is 28.3 Å². The molecule has 2 heterocycles. The lowest BCUT2D eigenvalue weighted by atomic mass is 10.1. The number of furan rings is 1. The van der Waals surface area contributed by atoms with Gasteiger partial charge < -0.3 is 14.8 Å². The Morgan fingerprint density at radius 2 is 2.39 bits per heavy atom. The minimum Gasteiger partial charge on any atom is -0.467 e. The molecule has 2 N–H and O–H groups in total. The number of nitrogens with zero attached hydrogens (tertiary/aromatic N) is 1. The first-order valence-electron chi connectivity index (χ1n) is 6.00. The Balaban J connectivity index is 1.79. The van der Waals surface area contributed by atoms with E-state index in [1.807, 2.05) is 12.4 Å². The van der Waals surface area contributed by atoms with E-state index in [1.165, 1.54) is 4.88 Å². The van der Waals surface area contributed by atoms with Crippen LogP contribution < -0.4 is 5.32 Å². The lowest BCUT2D eigenvalue weighted by molar-refractivity contribution is 0.128. The number of hydrogen-bond acceptors (Lipinski definition) is 5. The summed E-state index contributed by atoms with van der Waals surface area (Å²) in [6, 6.07) is 3.80. The SMILES string of the molecule is Cc1ncsc1CN[C@H](C)C[C@@H](O)c1ccco1. The quantitative estimate of drug-likeness (QED) is 0.844. The molecule has 98 valence electrons. The van der Waals surface area contributed by atoms with Crippen LogP contribution in [0.2, 0.25) is 0 Å². The minimum atomic E-state index is -0.551. The van der Waals surface area contributed by atoms with Crippen molar-refractivity contribution >= 4 is 11.3 Å². The number of nitrogens with one attached hydrogen (secondary N) is 1. The summed E-state index contributed by atoms with van der Waals surface area (Å²) in [7, 11) is 0. The molecule has 0 spiro atoms. The molecule has 2 aromatic rings. The Bertz CT molecular complexity index is 467. The average molecular weight is 266 g/mol.